The molecule has 3 rings (SSSR count). The fraction of sp³-hybridized carbons (Fsp3) is 0.0952. The van der Waals surface area contributed by atoms with Gasteiger partial charge in [-0.1, -0.05) is 66.2 Å². The van der Waals surface area contributed by atoms with Crippen molar-refractivity contribution >= 4 is 17.3 Å². The lowest BCUT2D eigenvalue weighted by Gasteiger charge is -2.15. The number of rotatable bonds is 6. The number of hydrogen-bond acceptors (Lipinski definition) is 3. The van der Waals surface area contributed by atoms with E-state index in [1.807, 2.05) is 72.8 Å². The van der Waals surface area contributed by atoms with Crippen molar-refractivity contribution in [2.75, 3.05) is 5.32 Å². The van der Waals surface area contributed by atoms with Crippen LogP contribution in [-0.2, 0) is 6.61 Å². The van der Waals surface area contributed by atoms with Gasteiger partial charge >= 0.3 is 0 Å². The maximum atomic E-state index is 9.47. The molecular weight excluding hydrogens is 332 g/mol. The molecule has 0 spiro atoms. The highest BCUT2D eigenvalue weighted by Crippen LogP contribution is 2.26. The van der Waals surface area contributed by atoms with Crippen LogP contribution in [0.3, 0.4) is 0 Å². The van der Waals surface area contributed by atoms with Gasteiger partial charge in [0.2, 0.25) is 0 Å². The van der Waals surface area contributed by atoms with Gasteiger partial charge in [0, 0.05) is 0 Å². The quantitative estimate of drug-likeness (QED) is 0.631. The SMILES string of the molecule is N#CC(Nc1ccccc1Cl)c1ccc(OCc2ccccc2)cc1. The number of nitriles is 1. The van der Waals surface area contributed by atoms with Gasteiger partial charge in [-0.3, -0.25) is 0 Å². The summed E-state index contributed by atoms with van der Waals surface area (Å²) in [6.45, 7) is 0.514. The minimum absolute atomic E-state index is 0.483. The van der Waals surface area contributed by atoms with Crippen LogP contribution in [-0.4, -0.2) is 0 Å². The third-order valence-corrected chi connectivity index (χ3v) is 4.09. The first kappa shape index (κ1) is 16.9. The predicted octanol–water partition coefficient (Wildman–Crippen LogP) is 5.60. The van der Waals surface area contributed by atoms with Crippen molar-refractivity contribution in [2.45, 2.75) is 12.6 Å². The minimum Gasteiger partial charge on any atom is -0.489 e. The monoisotopic (exact) mass is 348 g/mol. The van der Waals surface area contributed by atoms with Crippen LogP contribution in [0, 0.1) is 11.3 Å². The van der Waals surface area contributed by atoms with Gasteiger partial charge in [-0.05, 0) is 35.4 Å². The first-order chi connectivity index (χ1) is 12.3. The maximum absolute atomic E-state index is 9.47. The Labute approximate surface area is 152 Å². The average molecular weight is 349 g/mol. The summed E-state index contributed by atoms with van der Waals surface area (Å²) in [5, 5.41) is 13.2. The van der Waals surface area contributed by atoms with Gasteiger partial charge in [0.05, 0.1) is 16.8 Å². The molecule has 0 fully saturated rings. The molecular formula is C21H17ClN2O. The predicted molar refractivity (Wildman–Crippen MR) is 101 cm³/mol. The van der Waals surface area contributed by atoms with Crippen LogP contribution in [0.2, 0.25) is 5.02 Å². The molecule has 3 nitrogen and oxygen atoms in total. The zero-order chi connectivity index (χ0) is 17.5. The summed E-state index contributed by atoms with van der Waals surface area (Å²) in [6, 6.07) is 26.7. The van der Waals surface area contributed by atoms with Crippen molar-refractivity contribution in [3.8, 4) is 11.8 Å². The summed E-state index contributed by atoms with van der Waals surface area (Å²) in [6.07, 6.45) is 0. The van der Waals surface area contributed by atoms with Gasteiger partial charge in [0.15, 0.2) is 0 Å². The van der Waals surface area contributed by atoms with Crippen molar-refractivity contribution < 1.29 is 4.74 Å². The van der Waals surface area contributed by atoms with E-state index in [1.165, 1.54) is 0 Å². The third kappa shape index (κ3) is 4.53. The molecule has 0 aliphatic rings. The Balaban J connectivity index is 1.66. The summed E-state index contributed by atoms with van der Waals surface area (Å²) in [5.74, 6) is 0.766. The maximum Gasteiger partial charge on any atom is 0.140 e. The average Bonchev–Trinajstić information content (AvgIpc) is 2.67. The molecule has 0 aliphatic carbocycles. The molecule has 25 heavy (non-hydrogen) atoms. The molecule has 0 heterocycles. The Bertz CT molecular complexity index is 857. The molecule has 1 N–H and O–H groups in total. The fourth-order valence-corrected chi connectivity index (χ4v) is 2.61. The molecule has 3 aromatic carbocycles. The Kier molecular flexibility index (Phi) is 5.56. The van der Waals surface area contributed by atoms with Crippen LogP contribution < -0.4 is 10.1 Å². The van der Waals surface area contributed by atoms with E-state index in [0.29, 0.717) is 11.6 Å². The number of ether oxygens (including phenoxy) is 1. The molecule has 0 radical (unpaired) electrons. The van der Waals surface area contributed by atoms with Crippen LogP contribution in [0.4, 0.5) is 5.69 Å². The molecule has 0 amide bonds. The minimum atomic E-state index is -0.483. The van der Waals surface area contributed by atoms with E-state index in [-0.39, 0.29) is 0 Å². The molecule has 0 aliphatic heterocycles. The van der Waals surface area contributed by atoms with E-state index in [9.17, 15) is 5.26 Å². The Morgan fingerprint density at radius 3 is 2.28 bits per heavy atom. The summed E-state index contributed by atoms with van der Waals surface area (Å²) in [5.41, 5.74) is 2.71. The van der Waals surface area contributed by atoms with Crippen LogP contribution in [0.5, 0.6) is 5.75 Å². The van der Waals surface area contributed by atoms with E-state index in [2.05, 4.69) is 11.4 Å². The number of nitrogens with zero attached hydrogens (tertiary/aromatic N) is 1. The van der Waals surface area contributed by atoms with Gasteiger partial charge in [-0.2, -0.15) is 5.26 Å². The Morgan fingerprint density at radius 1 is 0.920 bits per heavy atom. The lowest BCUT2D eigenvalue weighted by atomic mass is 10.1. The highest BCUT2D eigenvalue weighted by atomic mass is 35.5. The fourth-order valence-electron chi connectivity index (χ4n) is 2.42. The lowest BCUT2D eigenvalue weighted by molar-refractivity contribution is 0.306. The second-order valence-corrected chi connectivity index (χ2v) is 5.94. The number of anilines is 1. The molecule has 0 aromatic heterocycles. The molecule has 3 aromatic rings. The van der Waals surface area contributed by atoms with Crippen molar-refractivity contribution in [2.24, 2.45) is 0 Å². The summed E-state index contributed by atoms with van der Waals surface area (Å²) < 4.78 is 5.77. The summed E-state index contributed by atoms with van der Waals surface area (Å²) in [4.78, 5) is 0. The van der Waals surface area contributed by atoms with Gasteiger partial charge in [-0.15, -0.1) is 0 Å². The zero-order valence-electron chi connectivity index (χ0n) is 13.5. The molecule has 0 saturated carbocycles. The largest absolute Gasteiger partial charge is 0.489 e. The zero-order valence-corrected chi connectivity index (χ0v) is 14.3. The molecule has 4 heteroatoms. The van der Waals surface area contributed by atoms with Crippen molar-refractivity contribution in [3.05, 3.63) is 95.0 Å². The third-order valence-electron chi connectivity index (χ3n) is 3.76. The van der Waals surface area contributed by atoms with Gasteiger partial charge < -0.3 is 10.1 Å². The van der Waals surface area contributed by atoms with E-state index in [1.54, 1.807) is 6.07 Å². The number of para-hydroxylation sites is 1. The highest BCUT2D eigenvalue weighted by Gasteiger charge is 2.12. The van der Waals surface area contributed by atoms with Gasteiger partial charge in [0.1, 0.15) is 18.4 Å². The number of benzene rings is 3. The van der Waals surface area contributed by atoms with E-state index < -0.39 is 6.04 Å². The molecule has 1 atom stereocenters. The van der Waals surface area contributed by atoms with E-state index in [4.69, 9.17) is 16.3 Å². The molecule has 0 saturated heterocycles. The first-order valence-corrected chi connectivity index (χ1v) is 8.31. The van der Waals surface area contributed by atoms with Crippen molar-refractivity contribution in [1.82, 2.24) is 0 Å². The van der Waals surface area contributed by atoms with E-state index >= 15 is 0 Å². The molecule has 1 unspecified atom stereocenters. The van der Waals surface area contributed by atoms with E-state index in [0.717, 1.165) is 22.6 Å². The number of halogens is 1. The van der Waals surface area contributed by atoms with Crippen molar-refractivity contribution in [3.63, 3.8) is 0 Å². The number of hydrogen-bond donors (Lipinski definition) is 1. The normalized spacial score (nSPS) is 11.4. The summed E-state index contributed by atoms with van der Waals surface area (Å²) >= 11 is 6.15. The Morgan fingerprint density at radius 2 is 1.60 bits per heavy atom. The smallest absolute Gasteiger partial charge is 0.140 e. The van der Waals surface area contributed by atoms with Gasteiger partial charge in [-0.25, -0.2) is 0 Å². The van der Waals surface area contributed by atoms with Crippen molar-refractivity contribution in [1.29, 1.82) is 5.26 Å². The standard InChI is InChI=1S/C21H17ClN2O/c22-19-8-4-5-9-20(19)24-21(14-23)17-10-12-18(13-11-17)25-15-16-6-2-1-3-7-16/h1-13,21,24H,15H2. The number of nitrogens with one attached hydrogen (secondary N) is 1. The second kappa shape index (κ2) is 8.23. The summed E-state index contributed by atoms with van der Waals surface area (Å²) in [7, 11) is 0. The topological polar surface area (TPSA) is 45.0 Å². The van der Waals surface area contributed by atoms with Crippen LogP contribution in [0.15, 0.2) is 78.9 Å². The Hall–Kier alpha value is -2.96. The van der Waals surface area contributed by atoms with Crippen LogP contribution in [0.25, 0.3) is 0 Å². The second-order valence-electron chi connectivity index (χ2n) is 5.53. The van der Waals surface area contributed by atoms with Gasteiger partial charge in [0.25, 0.3) is 0 Å². The highest BCUT2D eigenvalue weighted by molar-refractivity contribution is 6.33. The lowest BCUT2D eigenvalue weighted by Crippen LogP contribution is -2.08. The van der Waals surface area contributed by atoms with Crippen LogP contribution in [0.1, 0.15) is 17.2 Å². The molecule has 0 bridgehead atoms. The van der Waals surface area contributed by atoms with Crippen LogP contribution >= 0.6 is 11.6 Å². The first-order valence-electron chi connectivity index (χ1n) is 7.93. The molecule has 124 valence electrons.